The molecular formula is C22H28N4O3S. The lowest BCUT2D eigenvalue weighted by molar-refractivity contribution is 0.102. The summed E-state index contributed by atoms with van der Waals surface area (Å²) in [5, 5.41) is 2.92. The molecule has 7 nitrogen and oxygen atoms in total. The van der Waals surface area contributed by atoms with Gasteiger partial charge in [-0.15, -0.1) is 0 Å². The van der Waals surface area contributed by atoms with Crippen LogP contribution in [0, 0.1) is 6.92 Å². The van der Waals surface area contributed by atoms with Crippen molar-refractivity contribution < 1.29 is 13.2 Å². The molecule has 0 radical (unpaired) electrons. The highest BCUT2D eigenvalue weighted by atomic mass is 32.2. The van der Waals surface area contributed by atoms with Gasteiger partial charge in [0.05, 0.1) is 10.5 Å². The first-order valence-electron chi connectivity index (χ1n) is 10.6. The molecule has 2 aromatic rings. The van der Waals surface area contributed by atoms with E-state index in [2.05, 4.69) is 15.2 Å². The summed E-state index contributed by atoms with van der Waals surface area (Å²) >= 11 is 0. The van der Waals surface area contributed by atoms with Crippen LogP contribution in [0.3, 0.4) is 0 Å². The van der Waals surface area contributed by atoms with Crippen LogP contribution < -0.4 is 10.2 Å². The molecule has 3 heterocycles. The Bertz CT molecular complexity index is 1030. The zero-order chi connectivity index (χ0) is 21.1. The van der Waals surface area contributed by atoms with Crippen LogP contribution in [0.2, 0.25) is 0 Å². The number of anilines is 2. The number of carbonyl (C=O) groups excluding carboxylic acids is 1. The smallest absolute Gasteiger partial charge is 0.259 e. The largest absolute Gasteiger partial charge is 0.356 e. The molecule has 0 bridgehead atoms. The molecule has 1 N–H and O–H groups in total. The van der Waals surface area contributed by atoms with Crippen molar-refractivity contribution in [1.29, 1.82) is 0 Å². The Morgan fingerprint density at radius 2 is 1.70 bits per heavy atom. The molecule has 0 spiro atoms. The number of nitrogens with one attached hydrogen (secondary N) is 1. The predicted molar refractivity (Wildman–Crippen MR) is 117 cm³/mol. The monoisotopic (exact) mass is 428 g/mol. The lowest BCUT2D eigenvalue weighted by atomic mass is 10.1. The number of amides is 1. The van der Waals surface area contributed by atoms with Gasteiger partial charge in [-0.3, -0.25) is 4.79 Å². The summed E-state index contributed by atoms with van der Waals surface area (Å²) in [6, 6.07) is 8.45. The molecule has 2 aliphatic heterocycles. The van der Waals surface area contributed by atoms with E-state index >= 15 is 0 Å². The molecule has 0 unspecified atom stereocenters. The average Bonchev–Trinajstić information content (AvgIpc) is 3.30. The van der Waals surface area contributed by atoms with E-state index in [9.17, 15) is 13.2 Å². The van der Waals surface area contributed by atoms with E-state index in [0.717, 1.165) is 50.8 Å². The molecule has 160 valence electrons. The number of hydrogen-bond acceptors (Lipinski definition) is 5. The second-order valence-electron chi connectivity index (χ2n) is 7.96. The van der Waals surface area contributed by atoms with Crippen LogP contribution >= 0.6 is 0 Å². The average molecular weight is 429 g/mol. The highest BCUT2D eigenvalue weighted by Crippen LogP contribution is 2.27. The maximum absolute atomic E-state index is 13.1. The Balaban J connectivity index is 1.60. The fraction of sp³-hybridized carbons (Fsp3) is 0.455. The highest BCUT2D eigenvalue weighted by Gasteiger charge is 2.27. The molecule has 8 heteroatoms. The van der Waals surface area contributed by atoms with Crippen molar-refractivity contribution in [3.8, 4) is 0 Å². The molecule has 0 atom stereocenters. The SMILES string of the molecule is Cc1ccc(S(=O)(=O)N2CCCCC2)cc1NC(=O)c1cccnc1N1CCCC1. The molecule has 1 aromatic carbocycles. The van der Waals surface area contributed by atoms with Gasteiger partial charge in [0.15, 0.2) is 0 Å². The number of sulfonamides is 1. The van der Waals surface area contributed by atoms with E-state index in [1.165, 1.54) is 0 Å². The lowest BCUT2D eigenvalue weighted by Gasteiger charge is -2.26. The van der Waals surface area contributed by atoms with Gasteiger partial charge < -0.3 is 10.2 Å². The minimum atomic E-state index is -3.56. The summed E-state index contributed by atoms with van der Waals surface area (Å²) in [6.07, 6.45) is 6.71. The van der Waals surface area contributed by atoms with Gasteiger partial charge in [-0.1, -0.05) is 12.5 Å². The third-order valence-corrected chi connectivity index (χ3v) is 7.74. The van der Waals surface area contributed by atoms with Crippen molar-refractivity contribution >= 4 is 27.4 Å². The Morgan fingerprint density at radius 3 is 2.43 bits per heavy atom. The Kier molecular flexibility index (Phi) is 6.06. The topological polar surface area (TPSA) is 82.6 Å². The van der Waals surface area contributed by atoms with E-state index in [-0.39, 0.29) is 10.8 Å². The van der Waals surface area contributed by atoms with E-state index in [0.29, 0.717) is 30.2 Å². The standard InChI is InChI=1S/C22H28N4O3S/c1-17-9-10-18(30(28,29)26-14-3-2-4-15-26)16-20(17)24-22(27)19-8-7-11-23-21(19)25-12-5-6-13-25/h7-11,16H,2-6,12-15H2,1H3,(H,24,27). The van der Waals surface area contributed by atoms with Crippen LogP contribution in [-0.4, -0.2) is 49.8 Å². The molecule has 0 aliphatic carbocycles. The number of benzene rings is 1. The summed E-state index contributed by atoms with van der Waals surface area (Å²) in [6.45, 7) is 4.73. The first-order chi connectivity index (χ1) is 14.5. The number of carbonyl (C=O) groups is 1. The number of aryl methyl sites for hydroxylation is 1. The fourth-order valence-corrected chi connectivity index (χ4v) is 5.64. The molecule has 4 rings (SSSR count). The van der Waals surface area contributed by atoms with E-state index in [4.69, 9.17) is 0 Å². The number of aromatic nitrogens is 1. The van der Waals surface area contributed by atoms with Crippen molar-refractivity contribution in [2.24, 2.45) is 0 Å². The maximum atomic E-state index is 13.1. The maximum Gasteiger partial charge on any atom is 0.259 e. The molecular weight excluding hydrogens is 400 g/mol. The van der Waals surface area contributed by atoms with Gasteiger partial charge in [0.1, 0.15) is 5.82 Å². The van der Waals surface area contributed by atoms with Crippen molar-refractivity contribution in [2.45, 2.75) is 43.9 Å². The third kappa shape index (κ3) is 4.20. The molecule has 2 saturated heterocycles. The van der Waals surface area contributed by atoms with E-state index in [1.807, 2.05) is 6.92 Å². The van der Waals surface area contributed by atoms with Crippen molar-refractivity contribution in [2.75, 3.05) is 36.4 Å². The second kappa shape index (κ2) is 8.73. The zero-order valence-electron chi connectivity index (χ0n) is 17.3. The van der Waals surface area contributed by atoms with Gasteiger partial charge in [0.25, 0.3) is 5.91 Å². The summed E-state index contributed by atoms with van der Waals surface area (Å²) < 4.78 is 27.6. The summed E-state index contributed by atoms with van der Waals surface area (Å²) in [5.74, 6) is 0.405. The molecule has 2 aliphatic rings. The second-order valence-corrected chi connectivity index (χ2v) is 9.90. The fourth-order valence-electron chi connectivity index (χ4n) is 4.10. The van der Waals surface area contributed by atoms with Gasteiger partial charge >= 0.3 is 0 Å². The van der Waals surface area contributed by atoms with E-state index < -0.39 is 10.0 Å². The Hall–Kier alpha value is -2.45. The molecule has 1 aromatic heterocycles. The quantitative estimate of drug-likeness (QED) is 0.789. The van der Waals surface area contributed by atoms with Crippen molar-refractivity contribution in [1.82, 2.24) is 9.29 Å². The van der Waals surface area contributed by atoms with Crippen LogP contribution in [0.25, 0.3) is 0 Å². The number of hydrogen-bond donors (Lipinski definition) is 1. The molecule has 2 fully saturated rings. The Labute approximate surface area is 178 Å². The number of nitrogens with zero attached hydrogens (tertiary/aromatic N) is 3. The van der Waals surface area contributed by atoms with Crippen LogP contribution in [-0.2, 0) is 10.0 Å². The lowest BCUT2D eigenvalue weighted by Crippen LogP contribution is -2.35. The predicted octanol–water partition coefficient (Wildman–Crippen LogP) is 3.42. The van der Waals surface area contributed by atoms with Crippen LogP contribution in [0.4, 0.5) is 11.5 Å². The first kappa shape index (κ1) is 20.8. The zero-order valence-corrected chi connectivity index (χ0v) is 18.1. The highest BCUT2D eigenvalue weighted by molar-refractivity contribution is 7.89. The molecule has 30 heavy (non-hydrogen) atoms. The minimum absolute atomic E-state index is 0.219. The van der Waals surface area contributed by atoms with Crippen molar-refractivity contribution in [3.05, 3.63) is 47.7 Å². The number of pyridine rings is 1. The summed E-state index contributed by atoms with van der Waals surface area (Å²) in [4.78, 5) is 19.8. The summed E-state index contributed by atoms with van der Waals surface area (Å²) in [5.41, 5.74) is 1.82. The first-order valence-corrected chi connectivity index (χ1v) is 12.0. The van der Waals surface area contributed by atoms with Gasteiger partial charge in [-0.2, -0.15) is 4.31 Å². The number of piperidine rings is 1. The Morgan fingerprint density at radius 1 is 1.00 bits per heavy atom. The van der Waals surface area contributed by atoms with Gasteiger partial charge in [0, 0.05) is 38.1 Å². The minimum Gasteiger partial charge on any atom is -0.356 e. The van der Waals surface area contributed by atoms with Crippen LogP contribution in [0.1, 0.15) is 48.0 Å². The normalized spacial score (nSPS) is 17.8. The van der Waals surface area contributed by atoms with Gasteiger partial charge in [-0.05, 0) is 62.4 Å². The van der Waals surface area contributed by atoms with Crippen LogP contribution in [0.5, 0.6) is 0 Å². The van der Waals surface area contributed by atoms with Gasteiger partial charge in [0.2, 0.25) is 10.0 Å². The third-order valence-electron chi connectivity index (χ3n) is 5.85. The molecule has 1 amide bonds. The van der Waals surface area contributed by atoms with Gasteiger partial charge in [-0.25, -0.2) is 13.4 Å². The molecule has 0 saturated carbocycles. The summed E-state index contributed by atoms with van der Waals surface area (Å²) in [7, 11) is -3.56. The van der Waals surface area contributed by atoms with E-state index in [1.54, 1.807) is 40.8 Å². The van der Waals surface area contributed by atoms with Crippen molar-refractivity contribution in [3.63, 3.8) is 0 Å². The van der Waals surface area contributed by atoms with Crippen LogP contribution in [0.15, 0.2) is 41.4 Å². The number of rotatable bonds is 5.